The molecular weight excluding hydrogens is 394 g/mol. The van der Waals surface area contributed by atoms with Crippen LogP contribution in [0.1, 0.15) is 51.5 Å². The van der Waals surface area contributed by atoms with Crippen molar-refractivity contribution < 1.29 is 19.1 Å². The summed E-state index contributed by atoms with van der Waals surface area (Å²) in [5, 5.41) is 0. The third-order valence-electron chi connectivity index (χ3n) is 5.75. The Labute approximate surface area is 184 Å². The minimum absolute atomic E-state index is 0.0140. The molecule has 0 bridgehead atoms. The average Bonchev–Trinajstić information content (AvgIpc) is 3.07. The third kappa shape index (κ3) is 5.54. The zero-order chi connectivity index (χ0) is 22.4. The molecule has 31 heavy (non-hydrogen) atoms. The fourth-order valence-corrected chi connectivity index (χ4v) is 4.08. The van der Waals surface area contributed by atoms with Crippen LogP contribution in [0.3, 0.4) is 0 Å². The van der Waals surface area contributed by atoms with E-state index in [1.165, 1.54) is 0 Å². The van der Waals surface area contributed by atoms with E-state index in [4.69, 9.17) is 9.47 Å². The summed E-state index contributed by atoms with van der Waals surface area (Å²) in [6, 6.07) is 9.97. The molecule has 1 unspecified atom stereocenters. The maximum absolute atomic E-state index is 13.7. The zero-order valence-corrected chi connectivity index (χ0v) is 18.9. The lowest BCUT2D eigenvalue weighted by Gasteiger charge is -2.35. The second-order valence-corrected chi connectivity index (χ2v) is 8.03. The minimum Gasteiger partial charge on any atom is -0.462 e. The van der Waals surface area contributed by atoms with Crippen LogP contribution in [0, 0.1) is 13.8 Å². The van der Waals surface area contributed by atoms with Crippen molar-refractivity contribution in [3.63, 3.8) is 0 Å². The molecule has 1 amide bonds. The quantitative estimate of drug-likeness (QED) is 0.655. The fraction of sp³-hybridized carbons (Fsp3) is 0.500. The molecule has 1 N–H and O–H groups in total. The van der Waals surface area contributed by atoms with E-state index < -0.39 is 5.97 Å². The van der Waals surface area contributed by atoms with Gasteiger partial charge in [0.05, 0.1) is 25.4 Å². The summed E-state index contributed by atoms with van der Waals surface area (Å²) in [7, 11) is 0. The first kappa shape index (κ1) is 23.0. The molecule has 0 radical (unpaired) electrons. The number of aromatic nitrogens is 1. The van der Waals surface area contributed by atoms with Crippen LogP contribution < -0.4 is 0 Å². The monoisotopic (exact) mass is 427 g/mol. The number of amides is 1. The van der Waals surface area contributed by atoms with Crippen molar-refractivity contribution in [1.29, 1.82) is 0 Å². The van der Waals surface area contributed by atoms with E-state index >= 15 is 0 Å². The highest BCUT2D eigenvalue weighted by Crippen LogP contribution is 2.23. The van der Waals surface area contributed by atoms with E-state index in [0.717, 1.165) is 38.4 Å². The largest absolute Gasteiger partial charge is 0.462 e. The zero-order valence-electron chi connectivity index (χ0n) is 18.9. The van der Waals surface area contributed by atoms with Crippen LogP contribution in [0.15, 0.2) is 30.3 Å². The summed E-state index contributed by atoms with van der Waals surface area (Å²) < 4.78 is 10.6. The molecule has 1 aliphatic rings. The highest BCUT2D eigenvalue weighted by atomic mass is 16.5. The first-order valence-corrected chi connectivity index (χ1v) is 10.9. The first-order valence-electron chi connectivity index (χ1n) is 10.9. The van der Waals surface area contributed by atoms with Gasteiger partial charge in [-0.05, 0) is 38.8 Å². The maximum Gasteiger partial charge on any atom is 0.340 e. The van der Waals surface area contributed by atoms with Gasteiger partial charge in [0.15, 0.2) is 0 Å². The molecule has 0 saturated carbocycles. The van der Waals surface area contributed by atoms with Crippen LogP contribution >= 0.6 is 0 Å². The van der Waals surface area contributed by atoms with E-state index in [2.05, 4.69) is 16.8 Å². The van der Waals surface area contributed by atoms with Crippen LogP contribution in [0.4, 0.5) is 0 Å². The van der Waals surface area contributed by atoms with Gasteiger partial charge in [-0.15, -0.1) is 0 Å². The Morgan fingerprint density at radius 3 is 2.52 bits per heavy atom. The summed E-state index contributed by atoms with van der Waals surface area (Å²) >= 11 is 0. The first-order chi connectivity index (χ1) is 14.9. The predicted molar refractivity (Wildman–Crippen MR) is 119 cm³/mol. The van der Waals surface area contributed by atoms with Crippen LogP contribution in [0.25, 0.3) is 0 Å². The predicted octanol–water partition coefficient (Wildman–Crippen LogP) is 3.17. The topological polar surface area (TPSA) is 74.9 Å². The van der Waals surface area contributed by atoms with E-state index in [-0.39, 0.29) is 11.9 Å². The van der Waals surface area contributed by atoms with Gasteiger partial charge < -0.3 is 19.4 Å². The standard InChI is InChI=1S/C24H33N3O4/c1-5-31-24(29)21-18(3)22(25-19(21)4)23(28)27(16-20-9-7-6-8-10-20)17(2)15-26-11-13-30-14-12-26/h6-10,17,25H,5,11-16H2,1-4H3. The number of carbonyl (C=O) groups is 2. The number of nitrogens with one attached hydrogen (secondary N) is 1. The van der Waals surface area contributed by atoms with Gasteiger partial charge in [0.25, 0.3) is 5.91 Å². The van der Waals surface area contributed by atoms with Crippen LogP contribution in [-0.2, 0) is 16.0 Å². The van der Waals surface area contributed by atoms with Crippen LogP contribution in [0.2, 0.25) is 0 Å². The van der Waals surface area contributed by atoms with Gasteiger partial charge >= 0.3 is 5.97 Å². The number of H-pyrrole nitrogens is 1. The van der Waals surface area contributed by atoms with E-state index in [1.807, 2.05) is 35.2 Å². The average molecular weight is 428 g/mol. The third-order valence-corrected chi connectivity index (χ3v) is 5.75. The summed E-state index contributed by atoms with van der Waals surface area (Å²) in [6.07, 6.45) is 0. The van der Waals surface area contributed by atoms with Crippen molar-refractivity contribution in [3.8, 4) is 0 Å². The molecular formula is C24H33N3O4. The Morgan fingerprint density at radius 2 is 1.87 bits per heavy atom. The smallest absolute Gasteiger partial charge is 0.340 e. The number of benzene rings is 1. The van der Waals surface area contributed by atoms with Gasteiger partial charge in [-0.25, -0.2) is 4.79 Å². The number of aromatic amines is 1. The van der Waals surface area contributed by atoms with Gasteiger partial charge in [0.2, 0.25) is 0 Å². The Bertz CT molecular complexity index is 888. The van der Waals surface area contributed by atoms with Crippen molar-refractivity contribution in [3.05, 3.63) is 58.4 Å². The second kappa shape index (κ2) is 10.6. The second-order valence-electron chi connectivity index (χ2n) is 8.03. The van der Waals surface area contributed by atoms with E-state index in [0.29, 0.717) is 35.7 Å². The molecule has 1 aromatic carbocycles. The molecule has 2 heterocycles. The van der Waals surface area contributed by atoms with Crippen LogP contribution in [0.5, 0.6) is 0 Å². The van der Waals surface area contributed by atoms with E-state index in [9.17, 15) is 9.59 Å². The molecule has 0 spiro atoms. The fourth-order valence-electron chi connectivity index (χ4n) is 4.08. The number of aryl methyl sites for hydroxylation is 1. The Kier molecular flexibility index (Phi) is 7.87. The number of esters is 1. The Balaban J connectivity index is 1.88. The van der Waals surface area contributed by atoms with Crippen LogP contribution in [-0.4, -0.2) is 72.2 Å². The van der Waals surface area contributed by atoms with E-state index in [1.54, 1.807) is 20.8 Å². The molecule has 1 fully saturated rings. The molecule has 7 nitrogen and oxygen atoms in total. The normalized spacial score (nSPS) is 15.5. The Hall–Kier alpha value is -2.64. The highest BCUT2D eigenvalue weighted by molar-refractivity contribution is 6.00. The number of hydrogen-bond acceptors (Lipinski definition) is 5. The number of hydrogen-bond donors (Lipinski definition) is 1. The number of nitrogens with zero attached hydrogens (tertiary/aromatic N) is 2. The molecule has 168 valence electrons. The molecule has 1 aromatic heterocycles. The van der Waals surface area contributed by atoms with Gasteiger partial charge in [0.1, 0.15) is 5.69 Å². The number of ether oxygens (including phenoxy) is 2. The number of carbonyl (C=O) groups excluding carboxylic acids is 2. The highest BCUT2D eigenvalue weighted by Gasteiger charge is 2.29. The molecule has 0 aliphatic carbocycles. The van der Waals surface area contributed by atoms with Crippen molar-refractivity contribution in [2.45, 2.75) is 40.3 Å². The van der Waals surface area contributed by atoms with Crippen molar-refractivity contribution in [2.75, 3.05) is 39.5 Å². The van der Waals surface area contributed by atoms with Crippen molar-refractivity contribution in [2.24, 2.45) is 0 Å². The molecule has 1 aliphatic heterocycles. The molecule has 1 saturated heterocycles. The minimum atomic E-state index is -0.399. The molecule has 1 atom stereocenters. The van der Waals surface area contributed by atoms with Gasteiger partial charge in [0, 0.05) is 37.9 Å². The number of morpholine rings is 1. The molecule has 2 aromatic rings. The lowest BCUT2D eigenvalue weighted by atomic mass is 10.1. The summed E-state index contributed by atoms with van der Waals surface area (Å²) in [4.78, 5) is 33.5. The lowest BCUT2D eigenvalue weighted by Crippen LogP contribution is -2.48. The van der Waals surface area contributed by atoms with Gasteiger partial charge in [-0.1, -0.05) is 30.3 Å². The lowest BCUT2D eigenvalue weighted by molar-refractivity contribution is 0.0227. The van der Waals surface area contributed by atoms with Crippen molar-refractivity contribution >= 4 is 11.9 Å². The van der Waals surface area contributed by atoms with Gasteiger partial charge in [-0.3, -0.25) is 9.69 Å². The maximum atomic E-state index is 13.7. The number of rotatable bonds is 8. The molecule has 3 rings (SSSR count). The SMILES string of the molecule is CCOC(=O)c1c(C)[nH]c(C(=O)N(Cc2ccccc2)C(C)CN2CCOCC2)c1C. The van der Waals surface area contributed by atoms with Crippen molar-refractivity contribution in [1.82, 2.24) is 14.8 Å². The summed E-state index contributed by atoms with van der Waals surface area (Å²) in [5.41, 5.74) is 3.25. The Morgan fingerprint density at radius 1 is 1.19 bits per heavy atom. The summed E-state index contributed by atoms with van der Waals surface area (Å²) in [6.45, 7) is 12.2. The molecule has 7 heteroatoms. The van der Waals surface area contributed by atoms with Gasteiger partial charge in [-0.2, -0.15) is 0 Å². The summed E-state index contributed by atoms with van der Waals surface area (Å²) in [5.74, 6) is -0.510.